The number of nitrogens with zero attached hydrogens (tertiary/aromatic N) is 3. The number of para-hydroxylation sites is 1. The molecule has 0 unspecified atom stereocenters. The molecule has 0 saturated heterocycles. The minimum atomic E-state index is -0.328. The van der Waals surface area contributed by atoms with Gasteiger partial charge >= 0.3 is 0 Å². The van der Waals surface area contributed by atoms with E-state index in [1.165, 1.54) is 36.3 Å². The summed E-state index contributed by atoms with van der Waals surface area (Å²) in [5, 5.41) is 8.23. The van der Waals surface area contributed by atoms with Crippen LogP contribution in [-0.4, -0.2) is 41.4 Å². The van der Waals surface area contributed by atoms with Crippen LogP contribution >= 0.6 is 11.3 Å². The summed E-state index contributed by atoms with van der Waals surface area (Å²) in [7, 11) is 2.99. The van der Waals surface area contributed by atoms with E-state index in [0.29, 0.717) is 22.8 Å². The Morgan fingerprint density at radius 2 is 1.82 bits per heavy atom. The van der Waals surface area contributed by atoms with E-state index in [4.69, 9.17) is 9.47 Å². The second-order valence-electron chi connectivity index (χ2n) is 7.38. The van der Waals surface area contributed by atoms with Crippen LogP contribution in [0.25, 0.3) is 21.1 Å². The van der Waals surface area contributed by atoms with Gasteiger partial charge in [-0.3, -0.25) is 9.59 Å². The Balaban J connectivity index is 1.50. The van der Waals surface area contributed by atoms with Crippen LogP contribution in [0.15, 0.2) is 65.5 Å². The van der Waals surface area contributed by atoms with Gasteiger partial charge in [0.25, 0.3) is 11.5 Å². The lowest BCUT2D eigenvalue weighted by atomic mass is 10.1. The van der Waals surface area contributed by atoms with Crippen LogP contribution in [0.1, 0.15) is 16.1 Å². The maximum Gasteiger partial charge on any atom is 0.266 e. The van der Waals surface area contributed by atoms with E-state index in [-0.39, 0.29) is 24.6 Å². The van der Waals surface area contributed by atoms with Crippen molar-refractivity contribution in [1.29, 1.82) is 0 Å². The van der Waals surface area contributed by atoms with Gasteiger partial charge in [0.1, 0.15) is 10.7 Å². The van der Waals surface area contributed by atoms with Gasteiger partial charge in [0.05, 0.1) is 36.9 Å². The summed E-state index contributed by atoms with van der Waals surface area (Å²) in [6.07, 6.45) is 0. The zero-order valence-electron chi connectivity index (χ0n) is 19.1. The number of amides is 1. The number of rotatable bonds is 8. The second kappa shape index (κ2) is 10.3. The number of methoxy groups -OCH3 is 2. The van der Waals surface area contributed by atoms with Crippen molar-refractivity contribution in [1.82, 2.24) is 20.1 Å². The van der Waals surface area contributed by atoms with E-state index in [2.05, 4.69) is 15.4 Å². The van der Waals surface area contributed by atoms with Gasteiger partial charge in [0, 0.05) is 18.2 Å². The van der Waals surface area contributed by atoms with E-state index >= 15 is 0 Å². The Bertz CT molecular complexity index is 1370. The summed E-state index contributed by atoms with van der Waals surface area (Å²) in [4.78, 5) is 30.6. The largest absolute Gasteiger partial charge is 0.493 e. The average molecular weight is 477 g/mol. The number of aryl methyl sites for hydroxylation is 1. The Morgan fingerprint density at radius 1 is 1.03 bits per heavy atom. The van der Waals surface area contributed by atoms with Gasteiger partial charge in [0.15, 0.2) is 11.5 Å². The molecule has 2 heterocycles. The topological polar surface area (TPSA) is 95.3 Å². The number of carbonyl (C=O) groups excluding carboxylic acids is 1. The molecule has 0 aliphatic carbocycles. The summed E-state index contributed by atoms with van der Waals surface area (Å²) >= 11 is 1.53. The summed E-state index contributed by atoms with van der Waals surface area (Å²) in [6.45, 7) is 2.36. The van der Waals surface area contributed by atoms with Gasteiger partial charge in [-0.2, -0.15) is 5.10 Å². The first-order valence-electron chi connectivity index (χ1n) is 10.6. The zero-order chi connectivity index (χ0) is 24.1. The highest BCUT2D eigenvalue weighted by Gasteiger charge is 2.17. The number of hydrogen-bond acceptors (Lipinski definition) is 7. The number of carbonyl (C=O) groups is 1. The second-order valence-corrected chi connectivity index (χ2v) is 8.38. The molecule has 0 aliphatic heterocycles. The molecule has 0 fully saturated rings. The van der Waals surface area contributed by atoms with Crippen molar-refractivity contribution < 1.29 is 14.3 Å². The first-order valence-corrected chi connectivity index (χ1v) is 11.4. The standard InChI is InChI=1S/C25H24N4O4S/c1-16-23(34-25(27-16)17-8-5-4-6-9-17)19-12-13-21(30)29(28-19)15-14-26-24(31)18-10-7-11-20(32-2)22(18)33-3/h4-13H,14-15H2,1-3H3,(H,26,31). The minimum Gasteiger partial charge on any atom is -0.493 e. The molecule has 34 heavy (non-hydrogen) atoms. The van der Waals surface area contributed by atoms with Gasteiger partial charge < -0.3 is 14.8 Å². The molecule has 0 aliphatic rings. The number of thiazole rings is 1. The maximum atomic E-state index is 12.7. The van der Waals surface area contributed by atoms with Crippen molar-refractivity contribution >= 4 is 17.2 Å². The van der Waals surface area contributed by atoms with Crippen LogP contribution in [0.3, 0.4) is 0 Å². The highest BCUT2D eigenvalue weighted by atomic mass is 32.1. The van der Waals surface area contributed by atoms with Gasteiger partial charge in [0.2, 0.25) is 0 Å². The van der Waals surface area contributed by atoms with Gasteiger partial charge in [-0.25, -0.2) is 9.67 Å². The molecule has 2 aromatic heterocycles. The van der Waals surface area contributed by atoms with Gasteiger partial charge in [-0.1, -0.05) is 36.4 Å². The molecule has 9 heteroatoms. The molecule has 1 N–H and O–H groups in total. The van der Waals surface area contributed by atoms with Crippen molar-refractivity contribution in [3.63, 3.8) is 0 Å². The third-order valence-corrected chi connectivity index (χ3v) is 6.40. The summed E-state index contributed by atoms with van der Waals surface area (Å²) in [5.41, 5.74) is 2.65. The Labute approximate surface area is 200 Å². The third kappa shape index (κ3) is 4.84. The quantitative estimate of drug-likeness (QED) is 0.416. The smallest absolute Gasteiger partial charge is 0.266 e. The molecule has 0 atom stereocenters. The fourth-order valence-electron chi connectivity index (χ4n) is 3.50. The fraction of sp³-hybridized carbons (Fsp3) is 0.200. The predicted molar refractivity (Wildman–Crippen MR) is 132 cm³/mol. The number of nitrogens with one attached hydrogen (secondary N) is 1. The number of ether oxygens (including phenoxy) is 2. The highest BCUT2D eigenvalue weighted by Crippen LogP contribution is 2.34. The average Bonchev–Trinajstić information content (AvgIpc) is 3.26. The lowest BCUT2D eigenvalue weighted by molar-refractivity contribution is 0.0948. The van der Waals surface area contributed by atoms with Crippen molar-refractivity contribution in [2.75, 3.05) is 20.8 Å². The number of hydrogen-bond donors (Lipinski definition) is 1. The van der Waals surface area contributed by atoms with Gasteiger partial charge in [-0.15, -0.1) is 11.3 Å². The van der Waals surface area contributed by atoms with E-state index in [1.807, 2.05) is 37.3 Å². The molecule has 0 bridgehead atoms. The van der Waals surface area contributed by atoms with Crippen LogP contribution in [-0.2, 0) is 6.54 Å². The number of aromatic nitrogens is 3. The van der Waals surface area contributed by atoms with Crippen molar-refractivity contribution in [2.45, 2.75) is 13.5 Å². The molecule has 8 nitrogen and oxygen atoms in total. The number of benzene rings is 2. The Morgan fingerprint density at radius 3 is 2.56 bits per heavy atom. The fourth-order valence-corrected chi connectivity index (χ4v) is 4.54. The van der Waals surface area contributed by atoms with Crippen LogP contribution < -0.4 is 20.3 Å². The minimum absolute atomic E-state index is 0.215. The molecule has 4 aromatic rings. The lowest BCUT2D eigenvalue weighted by Crippen LogP contribution is -2.32. The Hall–Kier alpha value is -3.98. The molecule has 2 aromatic carbocycles. The van der Waals surface area contributed by atoms with E-state index in [0.717, 1.165) is 21.1 Å². The SMILES string of the molecule is COc1cccc(C(=O)NCCn2nc(-c3sc(-c4ccccc4)nc3C)ccc2=O)c1OC. The highest BCUT2D eigenvalue weighted by molar-refractivity contribution is 7.18. The molecule has 0 saturated carbocycles. The maximum absolute atomic E-state index is 12.7. The molecule has 4 rings (SSSR count). The van der Waals surface area contributed by atoms with Crippen LogP contribution in [0.5, 0.6) is 11.5 Å². The summed E-state index contributed by atoms with van der Waals surface area (Å²) < 4.78 is 11.9. The molecule has 0 radical (unpaired) electrons. The van der Waals surface area contributed by atoms with Crippen LogP contribution in [0.4, 0.5) is 0 Å². The van der Waals surface area contributed by atoms with Crippen LogP contribution in [0.2, 0.25) is 0 Å². The molecular formula is C25H24N4O4S. The van der Waals surface area contributed by atoms with Gasteiger partial charge in [-0.05, 0) is 25.1 Å². The first-order chi connectivity index (χ1) is 16.5. The molecular weight excluding hydrogens is 452 g/mol. The zero-order valence-corrected chi connectivity index (χ0v) is 19.9. The third-order valence-electron chi connectivity index (χ3n) is 5.17. The van der Waals surface area contributed by atoms with Crippen molar-refractivity contribution in [2.24, 2.45) is 0 Å². The molecule has 1 amide bonds. The first kappa shape index (κ1) is 23.2. The molecule has 0 spiro atoms. The summed E-state index contributed by atoms with van der Waals surface area (Å²) in [6, 6.07) is 18.2. The van der Waals surface area contributed by atoms with E-state index in [1.54, 1.807) is 24.3 Å². The monoisotopic (exact) mass is 476 g/mol. The van der Waals surface area contributed by atoms with E-state index in [9.17, 15) is 9.59 Å². The van der Waals surface area contributed by atoms with Crippen molar-refractivity contribution in [3.8, 4) is 32.6 Å². The van der Waals surface area contributed by atoms with Crippen molar-refractivity contribution in [3.05, 3.63) is 82.3 Å². The predicted octanol–water partition coefficient (Wildman–Crippen LogP) is 3.79. The van der Waals surface area contributed by atoms with E-state index < -0.39 is 0 Å². The normalized spacial score (nSPS) is 10.7. The Kier molecular flexibility index (Phi) is 7.03. The lowest BCUT2D eigenvalue weighted by Gasteiger charge is -2.13. The summed E-state index contributed by atoms with van der Waals surface area (Å²) in [5.74, 6) is 0.496. The molecule has 174 valence electrons. The van der Waals surface area contributed by atoms with Crippen LogP contribution in [0, 0.1) is 6.92 Å².